The summed E-state index contributed by atoms with van der Waals surface area (Å²) in [5.74, 6) is -2.48. The number of anilines is 2. The van der Waals surface area contributed by atoms with Crippen molar-refractivity contribution in [1.29, 1.82) is 0 Å². The zero-order valence-electron chi connectivity index (χ0n) is 17.9. The van der Waals surface area contributed by atoms with Gasteiger partial charge in [0.1, 0.15) is 11.3 Å². The van der Waals surface area contributed by atoms with E-state index in [2.05, 4.69) is 26.6 Å². The molecule has 0 radical (unpaired) electrons. The number of nitrogens with zero attached hydrogens (tertiary/aromatic N) is 1. The van der Waals surface area contributed by atoms with Crippen LogP contribution < -0.4 is 15.5 Å². The lowest BCUT2D eigenvalue weighted by molar-refractivity contribution is -0.130. The minimum atomic E-state index is -1.33. The summed E-state index contributed by atoms with van der Waals surface area (Å²) in [5.41, 5.74) is 1.37. The maximum absolute atomic E-state index is 13.9. The largest absolute Gasteiger partial charge is 0.508 e. The van der Waals surface area contributed by atoms with Crippen molar-refractivity contribution in [3.63, 3.8) is 0 Å². The molecular weight excluding hydrogens is 498 g/mol. The SMILES string of the molecule is O=C1[C@@H]2[C@H](Cc3ccc(O)cc3)N[C@@]3(C(=O)Nc4ccccc43)[C@H]2C(=O)N1c1ccc(Br)cc1. The van der Waals surface area contributed by atoms with Gasteiger partial charge in [-0.2, -0.15) is 0 Å². The van der Waals surface area contributed by atoms with Crippen LogP contribution in [0.3, 0.4) is 0 Å². The average Bonchev–Trinajstić information content (AvgIpc) is 3.41. The Bertz CT molecular complexity index is 1340. The quantitative estimate of drug-likeness (QED) is 0.463. The van der Waals surface area contributed by atoms with Gasteiger partial charge in [0.15, 0.2) is 0 Å². The summed E-state index contributed by atoms with van der Waals surface area (Å²) < 4.78 is 0.836. The first-order valence-corrected chi connectivity index (χ1v) is 11.8. The summed E-state index contributed by atoms with van der Waals surface area (Å²) in [5, 5.41) is 16.0. The molecule has 3 aliphatic heterocycles. The third-order valence-electron chi connectivity index (χ3n) is 7.10. The molecule has 1 spiro atoms. The number of imide groups is 1. The zero-order chi connectivity index (χ0) is 23.6. The molecular formula is C26H20BrN3O4. The number of nitrogens with one attached hydrogen (secondary N) is 2. The van der Waals surface area contributed by atoms with E-state index in [0.29, 0.717) is 23.4 Å². The van der Waals surface area contributed by atoms with Crippen molar-refractivity contribution in [2.75, 3.05) is 10.2 Å². The molecule has 3 aliphatic rings. The monoisotopic (exact) mass is 517 g/mol. The molecule has 3 aromatic carbocycles. The van der Waals surface area contributed by atoms with Crippen LogP contribution in [-0.2, 0) is 26.3 Å². The fourth-order valence-electron chi connectivity index (χ4n) is 5.66. The first-order chi connectivity index (χ1) is 16.4. The Hall–Kier alpha value is -3.49. The fourth-order valence-corrected chi connectivity index (χ4v) is 5.93. The van der Waals surface area contributed by atoms with Gasteiger partial charge in [0.05, 0.1) is 17.5 Å². The summed E-state index contributed by atoms with van der Waals surface area (Å²) >= 11 is 3.39. The lowest BCUT2D eigenvalue weighted by Crippen LogP contribution is -2.53. The van der Waals surface area contributed by atoms with Crippen LogP contribution in [0.25, 0.3) is 0 Å². The van der Waals surface area contributed by atoms with Gasteiger partial charge in [0.25, 0.3) is 0 Å². The van der Waals surface area contributed by atoms with Crippen molar-refractivity contribution in [2.45, 2.75) is 18.0 Å². The second-order valence-electron chi connectivity index (χ2n) is 8.92. The van der Waals surface area contributed by atoms with Crippen molar-refractivity contribution >= 4 is 45.0 Å². The van der Waals surface area contributed by atoms with Crippen molar-refractivity contribution in [3.05, 3.63) is 88.4 Å². The van der Waals surface area contributed by atoms with Crippen molar-refractivity contribution in [3.8, 4) is 5.75 Å². The number of aromatic hydroxyl groups is 1. The third-order valence-corrected chi connectivity index (χ3v) is 7.63. The first-order valence-electron chi connectivity index (χ1n) is 11.0. The number of carbonyl (C=O) groups excluding carboxylic acids is 3. The number of fused-ring (bicyclic) bond motifs is 4. The van der Waals surface area contributed by atoms with Gasteiger partial charge in [-0.1, -0.05) is 46.3 Å². The number of hydrogen-bond donors (Lipinski definition) is 3. The summed E-state index contributed by atoms with van der Waals surface area (Å²) in [6.45, 7) is 0. The highest BCUT2D eigenvalue weighted by molar-refractivity contribution is 9.10. The van der Waals surface area contributed by atoms with E-state index >= 15 is 0 Å². The topological polar surface area (TPSA) is 98.7 Å². The summed E-state index contributed by atoms with van der Waals surface area (Å²) in [6, 6.07) is 20.6. The number of carbonyl (C=O) groups is 3. The molecule has 0 aromatic heterocycles. The second kappa shape index (κ2) is 7.51. The van der Waals surface area contributed by atoms with E-state index in [4.69, 9.17) is 0 Å². The number of phenols is 1. The van der Waals surface area contributed by atoms with E-state index in [0.717, 1.165) is 10.0 Å². The Morgan fingerprint density at radius 3 is 2.35 bits per heavy atom. The molecule has 3 N–H and O–H groups in total. The molecule has 6 rings (SSSR count). The van der Waals surface area contributed by atoms with E-state index < -0.39 is 23.4 Å². The first kappa shape index (κ1) is 21.1. The smallest absolute Gasteiger partial charge is 0.250 e. The van der Waals surface area contributed by atoms with Crippen LogP contribution in [-0.4, -0.2) is 28.9 Å². The molecule has 8 heteroatoms. The highest BCUT2D eigenvalue weighted by atomic mass is 79.9. The van der Waals surface area contributed by atoms with Crippen LogP contribution in [0, 0.1) is 11.8 Å². The minimum Gasteiger partial charge on any atom is -0.508 e. The summed E-state index contributed by atoms with van der Waals surface area (Å²) in [7, 11) is 0. The Balaban J connectivity index is 1.48. The summed E-state index contributed by atoms with van der Waals surface area (Å²) in [6.07, 6.45) is 0.422. The maximum Gasteiger partial charge on any atom is 0.250 e. The van der Waals surface area contributed by atoms with Crippen LogP contribution in [0.4, 0.5) is 11.4 Å². The number of benzene rings is 3. The van der Waals surface area contributed by atoms with Gasteiger partial charge in [0, 0.05) is 21.8 Å². The number of phenolic OH excluding ortho intramolecular Hbond substituents is 1. The van der Waals surface area contributed by atoms with Crippen LogP contribution in [0.1, 0.15) is 11.1 Å². The van der Waals surface area contributed by atoms with Crippen LogP contribution >= 0.6 is 15.9 Å². The molecule has 0 bridgehead atoms. The minimum absolute atomic E-state index is 0.148. The molecule has 7 nitrogen and oxygen atoms in total. The number of halogens is 1. The summed E-state index contributed by atoms with van der Waals surface area (Å²) in [4.78, 5) is 42.4. The molecule has 3 heterocycles. The lowest BCUT2D eigenvalue weighted by Gasteiger charge is -2.29. The molecule has 2 fully saturated rings. The molecule has 0 saturated carbocycles. The number of para-hydroxylation sites is 1. The molecule has 34 heavy (non-hydrogen) atoms. The lowest BCUT2D eigenvalue weighted by atomic mass is 9.76. The van der Waals surface area contributed by atoms with Crippen LogP contribution in [0.2, 0.25) is 0 Å². The van der Waals surface area contributed by atoms with Crippen LogP contribution in [0.5, 0.6) is 5.75 Å². The average molecular weight is 518 g/mol. The molecule has 0 aliphatic carbocycles. The van der Waals surface area contributed by atoms with Gasteiger partial charge in [-0.15, -0.1) is 0 Å². The molecule has 170 valence electrons. The predicted molar refractivity (Wildman–Crippen MR) is 129 cm³/mol. The van der Waals surface area contributed by atoms with Crippen molar-refractivity contribution < 1.29 is 19.5 Å². The number of hydrogen-bond acceptors (Lipinski definition) is 5. The Morgan fingerprint density at radius 2 is 1.62 bits per heavy atom. The highest BCUT2D eigenvalue weighted by Gasteiger charge is 2.70. The van der Waals surface area contributed by atoms with Crippen molar-refractivity contribution in [2.24, 2.45) is 11.8 Å². The van der Waals surface area contributed by atoms with Gasteiger partial charge in [-0.3, -0.25) is 19.7 Å². The molecule has 3 aromatic rings. The van der Waals surface area contributed by atoms with Gasteiger partial charge < -0.3 is 10.4 Å². The van der Waals surface area contributed by atoms with Crippen LogP contribution in [0.15, 0.2) is 77.3 Å². The molecule has 2 saturated heterocycles. The normalized spacial score (nSPS) is 27.3. The standard InChI is InChI=1S/C26H20BrN3O4/c27-15-7-9-16(10-8-15)30-23(32)21-20(13-14-5-11-17(31)12-6-14)29-26(22(21)24(30)33)18-3-1-2-4-19(18)28-25(26)34/h1-12,20-22,29,31H,13H2,(H,28,34)/t20-,21+,22+,26+/m0/s1. The Morgan fingerprint density at radius 1 is 0.912 bits per heavy atom. The van der Waals surface area contributed by atoms with E-state index in [-0.39, 0.29) is 23.5 Å². The predicted octanol–water partition coefficient (Wildman–Crippen LogP) is 3.32. The van der Waals surface area contributed by atoms with Gasteiger partial charge in [-0.05, 0) is 54.4 Å². The van der Waals surface area contributed by atoms with E-state index in [1.165, 1.54) is 4.90 Å². The van der Waals surface area contributed by atoms with Gasteiger partial charge >= 0.3 is 0 Å². The van der Waals surface area contributed by atoms with Crippen molar-refractivity contribution in [1.82, 2.24) is 5.32 Å². The molecule has 0 unspecified atom stereocenters. The third kappa shape index (κ3) is 2.88. The molecule has 4 atom stereocenters. The fraction of sp³-hybridized carbons (Fsp3) is 0.192. The number of amides is 3. The second-order valence-corrected chi connectivity index (χ2v) is 9.84. The van der Waals surface area contributed by atoms with Gasteiger partial charge in [-0.25, -0.2) is 4.90 Å². The van der Waals surface area contributed by atoms with Gasteiger partial charge in [0.2, 0.25) is 17.7 Å². The zero-order valence-corrected chi connectivity index (χ0v) is 19.5. The Labute approximate surface area is 203 Å². The Kier molecular flexibility index (Phi) is 4.65. The van der Waals surface area contributed by atoms with E-state index in [1.807, 2.05) is 18.2 Å². The van der Waals surface area contributed by atoms with E-state index in [9.17, 15) is 19.5 Å². The maximum atomic E-state index is 13.9. The molecule has 3 amide bonds. The highest BCUT2D eigenvalue weighted by Crippen LogP contribution is 2.53. The van der Waals surface area contributed by atoms with E-state index in [1.54, 1.807) is 54.6 Å². The number of rotatable bonds is 3.